The van der Waals surface area contributed by atoms with Crippen molar-refractivity contribution in [2.45, 2.75) is 19.9 Å². The largest absolute Gasteiger partial charge is 0.349 e. The second kappa shape index (κ2) is 10.0. The van der Waals surface area contributed by atoms with Crippen molar-refractivity contribution in [2.75, 3.05) is 25.5 Å². The van der Waals surface area contributed by atoms with Gasteiger partial charge >= 0.3 is 0 Å². The zero-order valence-corrected chi connectivity index (χ0v) is 17.0. The molecule has 0 aliphatic rings. The van der Waals surface area contributed by atoms with Crippen molar-refractivity contribution in [1.29, 1.82) is 0 Å². The Kier molecular flexibility index (Phi) is 7.72. The summed E-state index contributed by atoms with van der Waals surface area (Å²) in [6, 6.07) is 13.6. The maximum Gasteiger partial charge on any atom is 0.279 e. The van der Waals surface area contributed by atoms with Gasteiger partial charge in [-0.2, -0.15) is 0 Å². The van der Waals surface area contributed by atoms with Crippen molar-refractivity contribution in [3.05, 3.63) is 64.7 Å². The predicted molar refractivity (Wildman–Crippen MR) is 110 cm³/mol. The molecule has 0 aliphatic heterocycles. The number of benzene rings is 2. The van der Waals surface area contributed by atoms with Crippen molar-refractivity contribution >= 4 is 34.9 Å². The maximum absolute atomic E-state index is 12.8. The highest BCUT2D eigenvalue weighted by molar-refractivity contribution is 6.31. The van der Waals surface area contributed by atoms with Gasteiger partial charge in [0.25, 0.3) is 11.8 Å². The summed E-state index contributed by atoms with van der Waals surface area (Å²) in [5.74, 6) is -0.638. The summed E-state index contributed by atoms with van der Waals surface area (Å²) < 4.78 is 0. The van der Waals surface area contributed by atoms with Gasteiger partial charge in [0.2, 0.25) is 0 Å². The summed E-state index contributed by atoms with van der Waals surface area (Å²) in [6.45, 7) is 4.03. The van der Waals surface area contributed by atoms with Crippen molar-refractivity contribution < 1.29 is 19.3 Å². The molecule has 2 rings (SSSR count). The zero-order valence-electron chi connectivity index (χ0n) is 16.2. The van der Waals surface area contributed by atoms with Crippen LogP contribution in [0.3, 0.4) is 0 Å². The predicted octanol–water partition coefficient (Wildman–Crippen LogP) is 1.55. The second-order valence-corrected chi connectivity index (χ2v) is 7.40. The minimum Gasteiger partial charge on any atom is -0.349 e. The van der Waals surface area contributed by atoms with Crippen LogP contribution in [0.15, 0.2) is 48.5 Å². The molecule has 0 spiro atoms. The van der Waals surface area contributed by atoms with Crippen LogP contribution in [-0.4, -0.2) is 43.8 Å². The van der Waals surface area contributed by atoms with Crippen molar-refractivity contribution in [1.82, 2.24) is 5.32 Å². The van der Waals surface area contributed by atoms with Gasteiger partial charge in [0.15, 0.2) is 18.9 Å². The molecule has 0 aromatic heterocycles. The molecule has 1 unspecified atom stereocenters. The third-order valence-electron chi connectivity index (χ3n) is 3.91. The molecule has 0 bridgehead atoms. The second-order valence-electron chi connectivity index (χ2n) is 6.97. The highest BCUT2D eigenvalue weighted by Crippen LogP contribution is 2.23. The number of carbonyl (C=O) groups excluding carboxylic acids is 3. The molecular weight excluding hydrogens is 378 g/mol. The third kappa shape index (κ3) is 6.48. The Hall–Kier alpha value is -2.70. The zero-order chi connectivity index (χ0) is 20.7. The lowest BCUT2D eigenvalue weighted by Crippen LogP contribution is -3.11. The number of likely N-dealkylation sites (N-methyl/N-ethyl adjacent to an activating group) is 1. The molecule has 2 aromatic carbocycles. The van der Waals surface area contributed by atoms with Crippen molar-refractivity contribution in [2.24, 2.45) is 0 Å². The number of halogens is 1. The fraction of sp³-hybridized carbons (Fsp3) is 0.286. The van der Waals surface area contributed by atoms with Crippen LogP contribution in [-0.2, 0) is 9.59 Å². The van der Waals surface area contributed by atoms with Crippen LogP contribution in [0.1, 0.15) is 29.8 Å². The monoisotopic (exact) mass is 402 g/mol. The first-order valence-corrected chi connectivity index (χ1v) is 9.44. The third-order valence-corrected chi connectivity index (χ3v) is 4.15. The Balaban J connectivity index is 2.08. The van der Waals surface area contributed by atoms with Crippen LogP contribution in [0, 0.1) is 0 Å². The molecule has 1 atom stereocenters. The van der Waals surface area contributed by atoms with E-state index in [9.17, 15) is 14.4 Å². The number of hydrogen-bond donors (Lipinski definition) is 3. The maximum atomic E-state index is 12.8. The first-order valence-electron chi connectivity index (χ1n) is 9.06. The SMILES string of the molecule is CC(C)NC(=O)C[NH+](C)CC(=O)Nc1ccc(Cl)cc1C(=O)c1ccccc1. The van der Waals surface area contributed by atoms with Gasteiger partial charge in [-0.25, -0.2) is 0 Å². The van der Waals surface area contributed by atoms with E-state index in [1.54, 1.807) is 49.5 Å². The standard InChI is InChI=1S/C21H24ClN3O3/c1-14(2)23-19(26)12-25(3)13-20(27)24-18-10-9-16(22)11-17(18)21(28)15-7-5-4-6-8-15/h4-11,14H,12-13H2,1-3H3,(H,23,26)(H,24,27)/p+1. The number of hydrogen-bond acceptors (Lipinski definition) is 3. The van der Waals surface area contributed by atoms with E-state index in [0.717, 1.165) is 4.90 Å². The Morgan fingerprint density at radius 3 is 2.29 bits per heavy atom. The molecule has 0 saturated heterocycles. The lowest BCUT2D eigenvalue weighted by molar-refractivity contribution is -0.862. The number of amides is 2. The van der Waals surface area contributed by atoms with E-state index in [1.807, 2.05) is 19.9 Å². The van der Waals surface area contributed by atoms with E-state index in [2.05, 4.69) is 10.6 Å². The molecule has 2 amide bonds. The van der Waals surface area contributed by atoms with Gasteiger partial charge in [0.05, 0.1) is 12.7 Å². The van der Waals surface area contributed by atoms with E-state index in [1.165, 1.54) is 0 Å². The Labute approximate surface area is 169 Å². The van der Waals surface area contributed by atoms with Crippen LogP contribution < -0.4 is 15.5 Å². The Morgan fingerprint density at radius 1 is 1.00 bits per heavy atom. The van der Waals surface area contributed by atoms with E-state index in [4.69, 9.17) is 11.6 Å². The molecule has 6 nitrogen and oxygen atoms in total. The molecule has 0 heterocycles. The van der Waals surface area contributed by atoms with Gasteiger partial charge in [-0.3, -0.25) is 14.4 Å². The van der Waals surface area contributed by atoms with E-state index < -0.39 is 0 Å². The molecule has 0 radical (unpaired) electrons. The highest BCUT2D eigenvalue weighted by Gasteiger charge is 2.19. The number of anilines is 1. The molecule has 148 valence electrons. The van der Waals surface area contributed by atoms with E-state index in [0.29, 0.717) is 21.8 Å². The summed E-state index contributed by atoms with van der Waals surface area (Å²) >= 11 is 6.05. The van der Waals surface area contributed by atoms with Crippen LogP contribution in [0.4, 0.5) is 5.69 Å². The first-order chi connectivity index (χ1) is 13.3. The van der Waals surface area contributed by atoms with Crippen molar-refractivity contribution in [3.8, 4) is 0 Å². The summed E-state index contributed by atoms with van der Waals surface area (Å²) in [5, 5.41) is 5.96. The molecule has 3 N–H and O–H groups in total. The van der Waals surface area contributed by atoms with E-state index >= 15 is 0 Å². The van der Waals surface area contributed by atoms with Gasteiger partial charge in [-0.1, -0.05) is 41.9 Å². The molecule has 0 saturated carbocycles. The molecule has 0 fully saturated rings. The van der Waals surface area contributed by atoms with Gasteiger partial charge in [0, 0.05) is 22.2 Å². The average Bonchev–Trinajstić information content (AvgIpc) is 2.62. The Morgan fingerprint density at radius 2 is 1.64 bits per heavy atom. The van der Waals surface area contributed by atoms with Crippen LogP contribution in [0.5, 0.6) is 0 Å². The fourth-order valence-corrected chi connectivity index (χ4v) is 2.91. The fourth-order valence-electron chi connectivity index (χ4n) is 2.74. The number of ketones is 1. The normalized spacial score (nSPS) is 11.8. The van der Waals surface area contributed by atoms with Crippen LogP contribution in [0.25, 0.3) is 0 Å². The minimum absolute atomic E-state index is 0.0507. The summed E-state index contributed by atoms with van der Waals surface area (Å²) in [6.07, 6.45) is 0. The summed E-state index contributed by atoms with van der Waals surface area (Å²) in [7, 11) is 1.76. The lowest BCUT2D eigenvalue weighted by Gasteiger charge is -2.16. The summed E-state index contributed by atoms with van der Waals surface area (Å²) in [5.41, 5.74) is 1.22. The average molecular weight is 403 g/mol. The van der Waals surface area contributed by atoms with Gasteiger partial charge in [0.1, 0.15) is 0 Å². The first kappa shape index (κ1) is 21.6. The van der Waals surface area contributed by atoms with E-state index in [-0.39, 0.29) is 36.7 Å². The molecule has 0 aliphatic carbocycles. The van der Waals surface area contributed by atoms with Gasteiger partial charge in [-0.15, -0.1) is 0 Å². The molecule has 28 heavy (non-hydrogen) atoms. The van der Waals surface area contributed by atoms with Gasteiger partial charge < -0.3 is 15.5 Å². The van der Waals surface area contributed by atoms with Crippen molar-refractivity contribution in [3.63, 3.8) is 0 Å². The molecule has 7 heteroatoms. The number of carbonyl (C=O) groups is 3. The number of quaternary nitrogens is 1. The lowest BCUT2D eigenvalue weighted by atomic mass is 10.0. The summed E-state index contributed by atoms with van der Waals surface area (Å²) in [4.78, 5) is 37.8. The van der Waals surface area contributed by atoms with Gasteiger partial charge in [-0.05, 0) is 32.0 Å². The topological polar surface area (TPSA) is 79.7 Å². The quantitative estimate of drug-likeness (QED) is 0.586. The Bertz CT molecular complexity index is 853. The van der Waals surface area contributed by atoms with Crippen LogP contribution in [0.2, 0.25) is 5.02 Å². The molecule has 2 aromatic rings. The number of nitrogens with one attached hydrogen (secondary N) is 3. The number of rotatable bonds is 8. The smallest absolute Gasteiger partial charge is 0.279 e. The molecular formula is C21H25ClN3O3+. The minimum atomic E-state index is -0.292. The highest BCUT2D eigenvalue weighted by atomic mass is 35.5. The van der Waals surface area contributed by atoms with Crippen LogP contribution >= 0.6 is 11.6 Å².